The Balaban J connectivity index is 1.14. The molecule has 5 aromatic rings. The summed E-state index contributed by atoms with van der Waals surface area (Å²) in [5.41, 5.74) is 14.3. The van der Waals surface area contributed by atoms with Crippen molar-refractivity contribution in [3.63, 3.8) is 0 Å². The number of carboxylic acid groups (broad SMARTS) is 1. The Hall–Kier alpha value is -11.7. The molecule has 0 saturated carbocycles. The number of aromatic nitrogens is 2. The highest BCUT2D eigenvalue weighted by Gasteiger charge is 2.47. The summed E-state index contributed by atoms with van der Waals surface area (Å²) in [7, 11) is 4.00. The number of nitrogens with zero attached hydrogens (tertiary/aromatic N) is 5. The fourth-order valence-electron chi connectivity index (χ4n) is 16.3. The van der Waals surface area contributed by atoms with Gasteiger partial charge >= 0.3 is 5.97 Å². The molecule has 0 spiro atoms. The van der Waals surface area contributed by atoms with Gasteiger partial charge in [0, 0.05) is 100 Å². The lowest BCUT2D eigenvalue weighted by Gasteiger charge is -2.36. The van der Waals surface area contributed by atoms with Crippen molar-refractivity contribution in [2.75, 3.05) is 60.6 Å². The van der Waals surface area contributed by atoms with Crippen molar-refractivity contribution in [3.05, 3.63) is 102 Å². The number of aliphatic carboxylic acids is 1. The first-order valence-corrected chi connectivity index (χ1v) is 43.2. The zero-order chi connectivity index (χ0) is 92.5. The summed E-state index contributed by atoms with van der Waals surface area (Å²) in [5.74, 6) is -16.0. The number of carbonyl (C=O) groups excluding carboxylic acids is 15. The van der Waals surface area contributed by atoms with E-state index in [-0.39, 0.29) is 101 Å². The number of carbonyl (C=O) groups is 16. The number of primary amides is 1. The van der Waals surface area contributed by atoms with Crippen LogP contribution in [0.1, 0.15) is 149 Å². The fourth-order valence-corrected chi connectivity index (χ4v) is 16.3. The lowest BCUT2D eigenvalue weighted by Crippen LogP contribution is -2.61. The molecule has 38 nitrogen and oxygen atoms in total. The van der Waals surface area contributed by atoms with Crippen LogP contribution in [0.5, 0.6) is 5.75 Å². The van der Waals surface area contributed by atoms with E-state index in [2.05, 4.69) is 52.8 Å². The van der Waals surface area contributed by atoms with Crippen LogP contribution in [0.4, 0.5) is 0 Å². The van der Waals surface area contributed by atoms with Crippen molar-refractivity contribution in [3.8, 4) is 5.75 Å². The van der Waals surface area contributed by atoms with E-state index < -0.39 is 224 Å². The van der Waals surface area contributed by atoms with E-state index in [9.17, 15) is 78.0 Å². The van der Waals surface area contributed by atoms with E-state index in [1.807, 2.05) is 27.7 Å². The van der Waals surface area contributed by atoms with Gasteiger partial charge in [0.05, 0.1) is 43.9 Å². The summed E-state index contributed by atoms with van der Waals surface area (Å²) < 4.78 is 7.14. The predicted octanol–water partition coefficient (Wildman–Crippen LogP) is -0.493. The molecule has 18 N–H and O–H groups in total. The number of H-pyrrole nitrogens is 1. The van der Waals surface area contributed by atoms with Gasteiger partial charge in [0.15, 0.2) is 11.6 Å². The van der Waals surface area contributed by atoms with Gasteiger partial charge in [0.1, 0.15) is 79.3 Å². The minimum Gasteiger partial charge on any atom is -0.508 e. The topological polar surface area (TPSA) is 557 Å². The van der Waals surface area contributed by atoms with Crippen molar-refractivity contribution in [1.29, 1.82) is 0 Å². The Labute approximate surface area is 731 Å². The highest BCUT2D eigenvalue weighted by molar-refractivity contribution is 6.02. The number of hydrogen-bond donors (Lipinski definition) is 16. The molecule has 3 aliphatic heterocycles. The second-order valence-corrected chi connectivity index (χ2v) is 33.8. The van der Waals surface area contributed by atoms with Gasteiger partial charge in [-0.2, -0.15) is 0 Å². The van der Waals surface area contributed by atoms with Crippen LogP contribution in [-0.2, 0) is 107 Å². The molecular formula is C88H125N17O21. The van der Waals surface area contributed by atoms with Crippen molar-refractivity contribution in [2.24, 2.45) is 29.2 Å². The minimum atomic E-state index is -1.85. The monoisotopic (exact) mass is 1760 g/mol. The van der Waals surface area contributed by atoms with Crippen LogP contribution in [0.15, 0.2) is 85.2 Å². The molecule has 3 saturated heterocycles. The van der Waals surface area contributed by atoms with Gasteiger partial charge in [-0.15, -0.1) is 0 Å². The van der Waals surface area contributed by atoms with Gasteiger partial charge in [-0.05, 0) is 111 Å². The first-order chi connectivity index (χ1) is 59.9. The standard InChI is InChI=1S/C88H125N17O21/c1-11-13-23-68-83(120)96-61(35-49(5)6)80(117)91-31-33-126-47-74(111)93-62(36-51-27-29-55(107)30-28-51)85(122)101(8)50(7)78(115)97-64(41-73(90)110)87(124)105-32-19-26-69(105)84(121)99-65(42-89)81(118)95-60(34-48(3)4)77(114)76-72(109)40-59(94-76)71(108)39-52(37-53-43-92-58-22-17-15-20-56(53)58)79(116)100-66(46-106)82(119)98-63(86(123)103(10)70(24-14-12-2)88(125)102(68)9)38-54-44-104(45-75(112)113)67-25-18-16-21-57(54)67/h15-18,20-22,25,27-30,43-44,48-50,52,59-66,68-70,72,76,92,94,106-107,109H,11-14,19,23-24,26,31-42,45-47,89H2,1-10H3,(H2,90,110)(H,91,117)(H,93,111)(H,95,118)(H,96,120)(H,97,115)(H,98,119)(H,99,121)(H,100,116)(H,112,113)/t50-,52+,59-,60-,61-,62-,63-,64-,65-,66-,68-,69-,70-,72+,76?/m0/s1. The number of benzene rings is 3. The summed E-state index contributed by atoms with van der Waals surface area (Å²) in [5, 5.41) is 68.5. The number of amides is 13. The molecule has 0 aliphatic carbocycles. The van der Waals surface area contributed by atoms with Gasteiger partial charge < -0.3 is 108 Å². The van der Waals surface area contributed by atoms with Crippen LogP contribution < -0.4 is 59.3 Å². The Morgan fingerprint density at radius 3 is 1.85 bits per heavy atom. The van der Waals surface area contributed by atoms with Crippen molar-refractivity contribution in [2.45, 2.75) is 242 Å². The number of aromatic amines is 1. The number of ether oxygens (including phenoxy) is 1. The van der Waals surface area contributed by atoms with E-state index in [0.29, 0.717) is 64.2 Å². The number of aliphatic hydroxyl groups excluding tert-OH is 2. The van der Waals surface area contributed by atoms with E-state index in [1.54, 1.807) is 68.6 Å². The average molecular weight is 1760 g/mol. The number of nitrogens with two attached hydrogens (primary N) is 2. The number of phenolic OH excluding ortho intramolecular Hbond substituents is 1. The number of carboxylic acids is 1. The number of para-hydroxylation sites is 2. The number of likely N-dealkylation sites (N-methyl/N-ethyl adjacent to an activating group) is 3. The van der Waals surface area contributed by atoms with Crippen molar-refractivity contribution in [1.82, 2.24) is 77.0 Å². The molecule has 8 rings (SSSR count). The van der Waals surface area contributed by atoms with Gasteiger partial charge in [-0.25, -0.2) is 0 Å². The van der Waals surface area contributed by atoms with Crippen LogP contribution in [0, 0.1) is 17.8 Å². The number of nitrogens with one attached hydrogen (secondary N) is 10. The highest BCUT2D eigenvalue weighted by Crippen LogP contribution is 2.30. The number of fused-ring (bicyclic) bond motifs is 5. The molecule has 688 valence electrons. The number of rotatable bonds is 22. The number of aliphatic hydroxyl groups is 2. The Kier molecular flexibility index (Phi) is 37.2. The number of Topliss-reactive ketones (excluding diaryl/α,β-unsaturated/α-hetero) is 2. The molecule has 126 heavy (non-hydrogen) atoms. The van der Waals surface area contributed by atoms with Crippen LogP contribution in [-0.4, -0.2) is 289 Å². The van der Waals surface area contributed by atoms with E-state index in [1.165, 1.54) is 68.0 Å². The number of ketones is 2. The summed E-state index contributed by atoms with van der Waals surface area (Å²) >= 11 is 0. The van der Waals surface area contributed by atoms with Crippen LogP contribution in [0.3, 0.4) is 0 Å². The smallest absolute Gasteiger partial charge is 0.323 e. The van der Waals surface area contributed by atoms with Gasteiger partial charge in [0.2, 0.25) is 76.8 Å². The van der Waals surface area contributed by atoms with E-state index in [4.69, 9.17) is 16.2 Å². The second kappa shape index (κ2) is 47.0. The molecule has 3 aromatic carbocycles. The quantitative estimate of drug-likeness (QED) is 0.0416. The summed E-state index contributed by atoms with van der Waals surface area (Å²) in [6.07, 6.45) is 1.39. The third kappa shape index (κ3) is 26.9. The lowest BCUT2D eigenvalue weighted by atomic mass is 9.90. The van der Waals surface area contributed by atoms with Crippen LogP contribution in [0.25, 0.3) is 21.8 Å². The largest absolute Gasteiger partial charge is 0.508 e. The maximum atomic E-state index is 15.7. The number of phenols is 1. The summed E-state index contributed by atoms with van der Waals surface area (Å²) in [4.78, 5) is 239. The van der Waals surface area contributed by atoms with Crippen LogP contribution in [0.2, 0.25) is 0 Å². The number of aromatic hydroxyl groups is 1. The zero-order valence-electron chi connectivity index (χ0n) is 73.3. The summed E-state index contributed by atoms with van der Waals surface area (Å²) in [6.45, 7) is 8.81. The van der Waals surface area contributed by atoms with Crippen molar-refractivity contribution < 1.29 is 102 Å². The lowest BCUT2D eigenvalue weighted by molar-refractivity contribution is -0.149. The fraction of sp³-hybridized carbons (Fsp3) is 0.568. The van der Waals surface area contributed by atoms with Gasteiger partial charge in [-0.1, -0.05) is 116 Å². The minimum absolute atomic E-state index is 0.0193. The molecule has 2 aromatic heterocycles. The van der Waals surface area contributed by atoms with E-state index >= 15 is 19.2 Å². The normalized spacial score (nSPS) is 25.9. The third-order valence-electron chi connectivity index (χ3n) is 23.3. The first-order valence-electron chi connectivity index (χ1n) is 43.2. The molecule has 15 atom stereocenters. The third-order valence-corrected chi connectivity index (χ3v) is 23.3. The molecule has 5 heterocycles. The maximum absolute atomic E-state index is 15.7. The zero-order valence-corrected chi connectivity index (χ0v) is 73.3. The average Bonchev–Trinajstić information content (AvgIpc) is 1.66. The molecular weight excluding hydrogens is 1630 g/mol. The molecule has 13 amide bonds. The Morgan fingerprint density at radius 1 is 0.611 bits per heavy atom. The predicted molar refractivity (Wildman–Crippen MR) is 462 cm³/mol. The molecule has 2 bridgehead atoms. The van der Waals surface area contributed by atoms with Crippen molar-refractivity contribution >= 4 is 116 Å². The maximum Gasteiger partial charge on any atom is 0.323 e. The van der Waals surface area contributed by atoms with Gasteiger partial charge in [-0.3, -0.25) is 82.0 Å². The number of unbranched alkanes of at least 4 members (excludes halogenated alkanes) is 2. The molecule has 3 aliphatic rings. The van der Waals surface area contributed by atoms with Crippen LogP contribution >= 0.6 is 0 Å². The van der Waals surface area contributed by atoms with Gasteiger partial charge in [0.25, 0.3) is 0 Å². The Morgan fingerprint density at radius 2 is 1.20 bits per heavy atom. The summed E-state index contributed by atoms with van der Waals surface area (Å²) in [6, 6.07) is 0.569. The second-order valence-electron chi connectivity index (χ2n) is 33.8. The van der Waals surface area contributed by atoms with E-state index in [0.717, 1.165) is 14.7 Å². The number of hydrogen-bond acceptors (Lipinski definition) is 22. The molecule has 0 radical (unpaired) electrons. The molecule has 38 heteroatoms. The molecule has 1 unspecified atom stereocenters. The molecule has 3 fully saturated rings. The Bertz CT molecular complexity index is 4700. The first kappa shape index (κ1) is 99.7. The SMILES string of the molecule is CCCC[C@H]1C(=O)N(C)[C@@H](CCCC)C(=O)N[C@@H](CC(C)C)C(=O)NCCOCC(=O)N[C@@H](Cc2ccc(O)cc2)C(=O)N(C)[C@@H](C)C(=O)N[C@@H](CC(N)=O)C(=O)N2CCC[C@H]2C(=O)N[C@@H](CN)C(=O)N[C@@H](CC(C)C)C(=O)C2N[C@@H](C[C@H]2O)C(=O)C[C@@H](Cc2c[nH]c3ccccc23)C(=O)N[C@@H](CO)C(=O)N[C@@H](Cc2cn(CC(=O)O)c3ccccc23)C(=O)N1C. The highest BCUT2D eigenvalue weighted by atomic mass is 16.5.